The molecule has 2 heterocycles. The number of fused-ring (bicyclic) bond motifs is 4. The van der Waals surface area contributed by atoms with E-state index < -0.39 is 27.7 Å². The maximum atomic E-state index is 13.2. The van der Waals surface area contributed by atoms with Crippen LogP contribution in [0.15, 0.2) is 36.4 Å². The molecule has 0 aliphatic carbocycles. The van der Waals surface area contributed by atoms with E-state index in [1.165, 1.54) is 4.31 Å². The molecule has 2 aliphatic rings. The van der Waals surface area contributed by atoms with Crippen molar-refractivity contribution in [2.24, 2.45) is 0 Å². The second-order valence-corrected chi connectivity index (χ2v) is 13.1. The lowest BCUT2D eigenvalue weighted by molar-refractivity contribution is -0.160. The van der Waals surface area contributed by atoms with Gasteiger partial charge in [-0.1, -0.05) is 29.8 Å². The van der Waals surface area contributed by atoms with Crippen molar-refractivity contribution in [2.75, 3.05) is 17.4 Å². The number of aliphatic carboxylic acids is 1. The van der Waals surface area contributed by atoms with Crippen molar-refractivity contribution < 1.29 is 32.5 Å². The number of anilines is 1. The molecule has 206 valence electrons. The first kappa shape index (κ1) is 27.0. The molecule has 0 radical (unpaired) electrons. The summed E-state index contributed by atoms with van der Waals surface area (Å²) in [6, 6.07) is 11.6. The Morgan fingerprint density at radius 3 is 2.18 bits per heavy atom. The fraction of sp³-hybridized carbons (Fsp3) is 0.367. The zero-order chi connectivity index (χ0) is 28.4. The molecule has 0 amide bonds. The van der Waals surface area contributed by atoms with Gasteiger partial charge < -0.3 is 19.3 Å². The van der Waals surface area contributed by atoms with Gasteiger partial charge in [0.2, 0.25) is 16.8 Å². The minimum atomic E-state index is -3.74. The Bertz CT molecular complexity index is 1600. The highest BCUT2D eigenvalue weighted by Gasteiger charge is 2.39. The van der Waals surface area contributed by atoms with Crippen LogP contribution in [0, 0.1) is 20.8 Å². The number of carboxylic acids is 1. The van der Waals surface area contributed by atoms with Crippen LogP contribution in [0.3, 0.4) is 0 Å². The fourth-order valence-electron chi connectivity index (χ4n) is 5.52. The van der Waals surface area contributed by atoms with Crippen molar-refractivity contribution in [3.05, 3.63) is 64.2 Å². The molecule has 8 nitrogen and oxygen atoms in total. The van der Waals surface area contributed by atoms with Gasteiger partial charge in [0, 0.05) is 11.1 Å². The molecule has 0 saturated heterocycles. The van der Waals surface area contributed by atoms with E-state index in [-0.39, 0.29) is 13.3 Å². The van der Waals surface area contributed by atoms with Gasteiger partial charge in [0.05, 0.1) is 24.1 Å². The molecular weight excluding hydrogens is 518 g/mol. The van der Waals surface area contributed by atoms with Gasteiger partial charge in [-0.2, -0.15) is 0 Å². The number of sulfonamides is 1. The lowest BCUT2D eigenvalue weighted by atomic mass is 9.80. The van der Waals surface area contributed by atoms with Crippen LogP contribution in [-0.4, -0.2) is 38.1 Å². The van der Waals surface area contributed by atoms with Gasteiger partial charge in [-0.15, -0.1) is 0 Å². The van der Waals surface area contributed by atoms with Gasteiger partial charge in [-0.05, 0) is 87.1 Å². The van der Waals surface area contributed by atoms with Crippen LogP contribution in [0.5, 0.6) is 11.5 Å². The summed E-state index contributed by atoms with van der Waals surface area (Å²) in [7, 11) is -3.74. The maximum absolute atomic E-state index is 13.2. The standard InChI is InChI=1S/C30H33NO7S/c1-16-8-10-19(11-9-16)24-17(2)25-21-13-23-22(36-15-37-23)12-20(21)14-31(39(7,34)35)27(25)18(3)26(24)28(29(32)33)38-30(4,5)6/h8-13,28H,14-15H2,1-7H3,(H,32,33)/t28-/m0/s1. The third kappa shape index (κ3) is 4.74. The SMILES string of the molecule is Cc1ccc(-c2c(C)c3c(c(C)c2[C@H](OC(C)(C)C)C(=O)O)N(S(C)(=O)=O)Cc2cc4c(cc2-3)OCO4)cc1. The van der Waals surface area contributed by atoms with Gasteiger partial charge in [-0.3, -0.25) is 4.31 Å². The normalized spacial score (nSPS) is 15.1. The number of carboxylic acid groups (broad SMARTS) is 1. The molecule has 1 N–H and O–H groups in total. The number of nitrogens with zero attached hydrogens (tertiary/aromatic N) is 1. The molecule has 0 saturated carbocycles. The first-order chi connectivity index (χ1) is 18.2. The average molecular weight is 552 g/mol. The highest BCUT2D eigenvalue weighted by atomic mass is 32.2. The largest absolute Gasteiger partial charge is 0.479 e. The van der Waals surface area contributed by atoms with E-state index in [4.69, 9.17) is 14.2 Å². The Morgan fingerprint density at radius 1 is 1.00 bits per heavy atom. The van der Waals surface area contributed by atoms with E-state index in [0.29, 0.717) is 33.9 Å². The fourth-order valence-corrected chi connectivity index (χ4v) is 6.45. The minimum Gasteiger partial charge on any atom is -0.479 e. The summed E-state index contributed by atoms with van der Waals surface area (Å²) >= 11 is 0. The minimum absolute atomic E-state index is 0.0826. The van der Waals surface area contributed by atoms with Crippen molar-refractivity contribution in [1.82, 2.24) is 0 Å². The van der Waals surface area contributed by atoms with Gasteiger partial charge >= 0.3 is 5.97 Å². The van der Waals surface area contributed by atoms with Gasteiger partial charge in [0.25, 0.3) is 0 Å². The lowest BCUT2D eigenvalue weighted by Gasteiger charge is -2.37. The number of aryl methyl sites for hydroxylation is 1. The highest BCUT2D eigenvalue weighted by molar-refractivity contribution is 7.92. The zero-order valence-corrected chi connectivity index (χ0v) is 24.0. The van der Waals surface area contributed by atoms with Crippen LogP contribution in [0.25, 0.3) is 22.3 Å². The van der Waals surface area contributed by atoms with E-state index in [0.717, 1.165) is 39.6 Å². The number of benzene rings is 3. The van der Waals surface area contributed by atoms with E-state index in [9.17, 15) is 18.3 Å². The Kier molecular flexibility index (Phi) is 6.43. The molecule has 2 aliphatic heterocycles. The lowest BCUT2D eigenvalue weighted by Crippen LogP contribution is -2.34. The Labute approximate surface area is 229 Å². The molecular formula is C30H33NO7S. The number of ether oxygens (including phenoxy) is 3. The zero-order valence-electron chi connectivity index (χ0n) is 23.2. The predicted molar refractivity (Wildman–Crippen MR) is 150 cm³/mol. The molecule has 3 aromatic carbocycles. The predicted octanol–water partition coefficient (Wildman–Crippen LogP) is 5.89. The molecule has 1 atom stereocenters. The average Bonchev–Trinajstić information content (AvgIpc) is 3.29. The summed E-state index contributed by atoms with van der Waals surface area (Å²) in [5.41, 5.74) is 6.34. The smallest absolute Gasteiger partial charge is 0.337 e. The number of hydrogen-bond acceptors (Lipinski definition) is 6. The molecule has 0 aromatic heterocycles. The topological polar surface area (TPSA) is 102 Å². The summed E-state index contributed by atoms with van der Waals surface area (Å²) in [5.74, 6) is 0.0103. The third-order valence-electron chi connectivity index (χ3n) is 7.14. The summed E-state index contributed by atoms with van der Waals surface area (Å²) < 4.78 is 45.2. The Balaban J connectivity index is 1.94. The molecule has 39 heavy (non-hydrogen) atoms. The number of rotatable bonds is 5. The van der Waals surface area contributed by atoms with Crippen molar-refractivity contribution in [3.8, 4) is 33.8 Å². The molecule has 3 aromatic rings. The summed E-state index contributed by atoms with van der Waals surface area (Å²) in [6.45, 7) is 11.3. The monoisotopic (exact) mass is 551 g/mol. The summed E-state index contributed by atoms with van der Waals surface area (Å²) in [6.07, 6.45) is -0.165. The van der Waals surface area contributed by atoms with Crippen molar-refractivity contribution >= 4 is 21.7 Å². The third-order valence-corrected chi connectivity index (χ3v) is 8.26. The van der Waals surface area contributed by atoms with E-state index >= 15 is 0 Å². The highest BCUT2D eigenvalue weighted by Crippen LogP contribution is 2.53. The Hall–Kier alpha value is -3.56. The van der Waals surface area contributed by atoms with Crippen LogP contribution >= 0.6 is 0 Å². The van der Waals surface area contributed by atoms with Crippen LogP contribution in [0.1, 0.15) is 54.7 Å². The second kappa shape index (κ2) is 9.27. The first-order valence-corrected chi connectivity index (χ1v) is 14.6. The van der Waals surface area contributed by atoms with Crippen LogP contribution in [0.2, 0.25) is 0 Å². The van der Waals surface area contributed by atoms with Crippen molar-refractivity contribution in [2.45, 2.75) is 59.8 Å². The van der Waals surface area contributed by atoms with E-state index in [1.807, 2.05) is 50.2 Å². The molecule has 9 heteroatoms. The molecule has 0 unspecified atom stereocenters. The van der Waals surface area contributed by atoms with E-state index in [2.05, 4.69) is 0 Å². The molecule has 0 bridgehead atoms. The van der Waals surface area contributed by atoms with E-state index in [1.54, 1.807) is 27.7 Å². The van der Waals surface area contributed by atoms with Gasteiger partial charge in [0.1, 0.15) is 0 Å². The number of carbonyl (C=O) groups is 1. The quantitative estimate of drug-likeness (QED) is 0.421. The molecule has 0 spiro atoms. The van der Waals surface area contributed by atoms with Gasteiger partial charge in [0.15, 0.2) is 17.6 Å². The molecule has 0 fully saturated rings. The molecule has 5 rings (SSSR count). The van der Waals surface area contributed by atoms with Crippen LogP contribution in [-0.2, 0) is 26.1 Å². The second-order valence-electron chi connectivity index (χ2n) is 11.2. The first-order valence-electron chi connectivity index (χ1n) is 12.7. The number of hydrogen-bond donors (Lipinski definition) is 1. The van der Waals surface area contributed by atoms with Crippen molar-refractivity contribution in [1.29, 1.82) is 0 Å². The van der Waals surface area contributed by atoms with Crippen molar-refractivity contribution in [3.63, 3.8) is 0 Å². The van der Waals surface area contributed by atoms with Crippen LogP contribution in [0.4, 0.5) is 5.69 Å². The summed E-state index contributed by atoms with van der Waals surface area (Å²) in [4.78, 5) is 12.8. The maximum Gasteiger partial charge on any atom is 0.337 e. The van der Waals surface area contributed by atoms with Crippen LogP contribution < -0.4 is 13.8 Å². The van der Waals surface area contributed by atoms with Gasteiger partial charge in [-0.25, -0.2) is 13.2 Å². The summed E-state index contributed by atoms with van der Waals surface area (Å²) in [5, 5.41) is 10.4. The Morgan fingerprint density at radius 2 is 1.62 bits per heavy atom.